The minimum Gasteiger partial charge on any atom is -0.309 e. The van der Waals surface area contributed by atoms with Gasteiger partial charge in [0.2, 0.25) is 5.91 Å². The highest BCUT2D eigenvalue weighted by molar-refractivity contribution is 6.32. The summed E-state index contributed by atoms with van der Waals surface area (Å²) in [6.07, 6.45) is -4.58. The Hall–Kier alpha value is -3.66. The molecule has 2 aromatic heterocycles. The zero-order valence-corrected chi connectivity index (χ0v) is 18.2. The summed E-state index contributed by atoms with van der Waals surface area (Å²) in [5.41, 5.74) is -0.372. The Kier molecular flexibility index (Phi) is 5.71. The number of hydrogen-bond acceptors (Lipinski definition) is 4. The highest BCUT2D eigenvalue weighted by Gasteiger charge is 2.31. The number of aromatic nitrogens is 4. The van der Waals surface area contributed by atoms with Gasteiger partial charge in [-0.25, -0.2) is 9.36 Å². The fourth-order valence-corrected chi connectivity index (χ4v) is 3.65. The quantitative estimate of drug-likeness (QED) is 0.471. The molecule has 0 radical (unpaired) electrons. The molecule has 0 atom stereocenters. The van der Waals surface area contributed by atoms with Crippen LogP contribution in [-0.2, 0) is 17.5 Å². The van der Waals surface area contributed by atoms with Crippen LogP contribution in [0, 0.1) is 13.8 Å². The molecule has 7 nitrogen and oxygen atoms in total. The molecule has 1 N–H and O–H groups in total. The average molecular weight is 476 g/mol. The maximum atomic E-state index is 13.2. The lowest BCUT2D eigenvalue weighted by Crippen LogP contribution is -2.30. The van der Waals surface area contributed by atoms with Crippen LogP contribution in [0.3, 0.4) is 0 Å². The van der Waals surface area contributed by atoms with Gasteiger partial charge in [0, 0.05) is 11.5 Å². The largest absolute Gasteiger partial charge is 0.416 e. The molecule has 0 unspecified atom stereocenters. The minimum absolute atomic E-state index is 0.0182. The fourth-order valence-electron chi connectivity index (χ4n) is 3.45. The van der Waals surface area contributed by atoms with E-state index in [1.165, 1.54) is 6.07 Å². The van der Waals surface area contributed by atoms with Crippen molar-refractivity contribution in [2.45, 2.75) is 26.6 Å². The number of benzene rings is 2. The topological polar surface area (TPSA) is 81.8 Å². The van der Waals surface area contributed by atoms with E-state index >= 15 is 0 Å². The third-order valence-electron chi connectivity index (χ3n) is 4.95. The smallest absolute Gasteiger partial charge is 0.309 e. The predicted molar refractivity (Wildman–Crippen MR) is 118 cm³/mol. The van der Waals surface area contributed by atoms with Crippen LogP contribution in [0.15, 0.2) is 53.3 Å². The van der Waals surface area contributed by atoms with Crippen LogP contribution < -0.4 is 10.9 Å². The minimum atomic E-state index is -4.58. The molecule has 0 fully saturated rings. The van der Waals surface area contributed by atoms with E-state index in [-0.39, 0.29) is 16.5 Å². The Balaban J connectivity index is 1.66. The molecule has 33 heavy (non-hydrogen) atoms. The molecule has 0 spiro atoms. The van der Waals surface area contributed by atoms with Crippen LogP contribution in [0.5, 0.6) is 0 Å². The zero-order valence-electron chi connectivity index (χ0n) is 17.4. The van der Waals surface area contributed by atoms with Gasteiger partial charge in [0.1, 0.15) is 12.4 Å². The van der Waals surface area contributed by atoms with E-state index < -0.39 is 29.8 Å². The number of fused-ring (bicyclic) bond motifs is 1. The number of alkyl halides is 3. The molecule has 0 aliphatic heterocycles. The van der Waals surface area contributed by atoms with E-state index in [1.54, 1.807) is 38.1 Å². The molecule has 4 aromatic rings. The van der Waals surface area contributed by atoms with Crippen molar-refractivity contribution in [2.24, 2.45) is 0 Å². The normalized spacial score (nSPS) is 11.7. The van der Waals surface area contributed by atoms with Gasteiger partial charge in [0.05, 0.1) is 33.0 Å². The van der Waals surface area contributed by atoms with Gasteiger partial charge in [-0.3, -0.25) is 9.59 Å². The predicted octanol–water partition coefficient (Wildman–Crippen LogP) is 4.51. The van der Waals surface area contributed by atoms with Gasteiger partial charge >= 0.3 is 6.18 Å². The number of nitrogens with zero attached hydrogens (tertiary/aromatic N) is 4. The summed E-state index contributed by atoms with van der Waals surface area (Å²) >= 11 is 6.13. The second-order valence-corrected chi connectivity index (χ2v) is 7.80. The fraction of sp³-hybridized carbons (Fsp3) is 0.182. The van der Waals surface area contributed by atoms with Crippen molar-refractivity contribution in [1.82, 2.24) is 19.6 Å². The lowest BCUT2D eigenvalue weighted by molar-refractivity contribution is -0.137. The van der Waals surface area contributed by atoms with E-state index in [9.17, 15) is 22.8 Å². The molecule has 2 heterocycles. The highest BCUT2D eigenvalue weighted by atomic mass is 35.5. The molecular weight excluding hydrogens is 459 g/mol. The van der Waals surface area contributed by atoms with Crippen LogP contribution in [-0.4, -0.2) is 25.5 Å². The van der Waals surface area contributed by atoms with Crippen molar-refractivity contribution in [3.63, 3.8) is 0 Å². The number of halogens is 4. The van der Waals surface area contributed by atoms with Gasteiger partial charge in [-0.2, -0.15) is 23.4 Å². The van der Waals surface area contributed by atoms with Crippen LogP contribution >= 0.6 is 11.6 Å². The van der Waals surface area contributed by atoms with Gasteiger partial charge in [0.15, 0.2) is 0 Å². The van der Waals surface area contributed by atoms with E-state index in [4.69, 9.17) is 11.6 Å². The van der Waals surface area contributed by atoms with Gasteiger partial charge in [0.25, 0.3) is 5.56 Å². The molecule has 4 rings (SSSR count). The number of hydrogen-bond donors (Lipinski definition) is 1. The number of aryl methyl sites for hydroxylation is 2. The van der Waals surface area contributed by atoms with Gasteiger partial charge in [-0.1, -0.05) is 29.8 Å². The summed E-state index contributed by atoms with van der Waals surface area (Å²) in [5.74, 6) is -0.507. The lowest BCUT2D eigenvalue weighted by Gasteiger charge is -2.14. The Morgan fingerprint density at radius 2 is 1.76 bits per heavy atom. The van der Waals surface area contributed by atoms with Crippen LogP contribution in [0.1, 0.15) is 17.0 Å². The van der Waals surface area contributed by atoms with Gasteiger partial charge < -0.3 is 5.32 Å². The first-order chi connectivity index (χ1) is 15.5. The Labute approximate surface area is 190 Å². The molecule has 1 amide bonds. The Morgan fingerprint density at radius 3 is 2.45 bits per heavy atom. The second kappa shape index (κ2) is 8.36. The van der Waals surface area contributed by atoms with E-state index in [0.717, 1.165) is 27.6 Å². The maximum Gasteiger partial charge on any atom is 0.416 e. The van der Waals surface area contributed by atoms with Crippen LogP contribution in [0.25, 0.3) is 16.5 Å². The lowest BCUT2D eigenvalue weighted by atomic mass is 10.1. The van der Waals surface area contributed by atoms with Crippen molar-refractivity contribution >= 4 is 34.1 Å². The standard InChI is InChI=1S/C22H17ClF3N5O2/c1-12-9-19(31(28-12)18-10-14(22(24,25)26)7-8-17(18)23)27-20(32)11-30-21(33)16-6-4-3-5-15(16)13(2)29-30/h3-10H,11H2,1-2H3,(H,27,32). The van der Waals surface area contributed by atoms with Crippen LogP contribution in [0.2, 0.25) is 5.02 Å². The first-order valence-electron chi connectivity index (χ1n) is 9.74. The molecule has 0 aliphatic rings. The third kappa shape index (κ3) is 4.47. The summed E-state index contributed by atoms with van der Waals surface area (Å²) in [6.45, 7) is 2.95. The summed E-state index contributed by atoms with van der Waals surface area (Å²) in [5, 5.41) is 12.1. The van der Waals surface area contributed by atoms with E-state index in [2.05, 4.69) is 15.5 Å². The first kappa shape index (κ1) is 22.5. The molecule has 0 saturated heterocycles. The van der Waals surface area contributed by atoms with E-state index in [1.807, 2.05) is 0 Å². The van der Waals surface area contributed by atoms with Crippen molar-refractivity contribution in [2.75, 3.05) is 5.32 Å². The van der Waals surface area contributed by atoms with Crippen molar-refractivity contribution < 1.29 is 18.0 Å². The molecule has 0 saturated carbocycles. The van der Waals surface area contributed by atoms with Crippen molar-refractivity contribution in [3.05, 3.63) is 80.9 Å². The number of carbonyl (C=O) groups excluding carboxylic acids is 1. The summed E-state index contributed by atoms with van der Waals surface area (Å²) in [6, 6.07) is 11.2. The molecule has 2 aromatic carbocycles. The van der Waals surface area contributed by atoms with Gasteiger partial charge in [-0.05, 0) is 38.1 Å². The van der Waals surface area contributed by atoms with Crippen molar-refractivity contribution in [1.29, 1.82) is 0 Å². The van der Waals surface area contributed by atoms with E-state index in [0.29, 0.717) is 22.2 Å². The van der Waals surface area contributed by atoms with Gasteiger partial charge in [-0.15, -0.1) is 0 Å². The Morgan fingerprint density at radius 1 is 1.06 bits per heavy atom. The summed E-state index contributed by atoms with van der Waals surface area (Å²) in [7, 11) is 0. The molecule has 0 aliphatic carbocycles. The number of rotatable bonds is 4. The summed E-state index contributed by atoms with van der Waals surface area (Å²) < 4.78 is 41.7. The molecule has 11 heteroatoms. The number of carbonyl (C=O) groups is 1. The number of amides is 1. The third-order valence-corrected chi connectivity index (χ3v) is 5.27. The maximum absolute atomic E-state index is 13.2. The first-order valence-corrected chi connectivity index (χ1v) is 10.1. The monoisotopic (exact) mass is 475 g/mol. The molecule has 0 bridgehead atoms. The summed E-state index contributed by atoms with van der Waals surface area (Å²) in [4.78, 5) is 25.4. The number of nitrogens with one attached hydrogen (secondary N) is 1. The SMILES string of the molecule is Cc1cc(NC(=O)Cn2nc(C)c3ccccc3c2=O)n(-c2cc(C(F)(F)F)ccc2Cl)n1. The Bertz CT molecular complexity index is 1440. The van der Waals surface area contributed by atoms with Crippen molar-refractivity contribution in [3.8, 4) is 5.69 Å². The van der Waals surface area contributed by atoms with Crippen LogP contribution in [0.4, 0.5) is 19.0 Å². The molecule has 170 valence electrons. The number of anilines is 1. The average Bonchev–Trinajstić information content (AvgIpc) is 3.11. The second-order valence-electron chi connectivity index (χ2n) is 7.39. The zero-order chi connectivity index (χ0) is 23.9. The highest BCUT2D eigenvalue weighted by Crippen LogP contribution is 2.34. The molecular formula is C22H17ClF3N5O2.